The molecule has 1 aromatic heterocycles. The molecule has 6 nitrogen and oxygen atoms in total. The van der Waals surface area contributed by atoms with Crippen molar-refractivity contribution in [3.05, 3.63) is 59.4 Å². The van der Waals surface area contributed by atoms with E-state index in [1.807, 2.05) is 22.9 Å². The van der Waals surface area contributed by atoms with Crippen LogP contribution in [0.25, 0.3) is 5.69 Å². The van der Waals surface area contributed by atoms with Crippen LogP contribution in [0.3, 0.4) is 0 Å². The summed E-state index contributed by atoms with van der Waals surface area (Å²) in [5, 5.41) is 16.8. The molecule has 4 rings (SSSR count). The minimum absolute atomic E-state index is 0.346. The molecule has 0 unspecified atom stereocenters. The van der Waals surface area contributed by atoms with Gasteiger partial charge in [-0.05, 0) is 85.2 Å². The fourth-order valence-corrected chi connectivity index (χ4v) is 4.28. The number of aryl methyl sites for hydroxylation is 1. The molecule has 1 aliphatic carbocycles. The molecular formula is C23H29N5O. The number of ether oxygens (including phenoxy) is 1. The van der Waals surface area contributed by atoms with Gasteiger partial charge >= 0.3 is 0 Å². The molecule has 1 aliphatic rings. The Labute approximate surface area is 172 Å². The van der Waals surface area contributed by atoms with Gasteiger partial charge in [-0.1, -0.05) is 31.2 Å². The van der Waals surface area contributed by atoms with Gasteiger partial charge in [0, 0.05) is 0 Å². The summed E-state index contributed by atoms with van der Waals surface area (Å²) >= 11 is 0. The Balaban J connectivity index is 1.82. The van der Waals surface area contributed by atoms with E-state index < -0.39 is 0 Å². The van der Waals surface area contributed by atoms with Gasteiger partial charge in [-0.25, -0.2) is 0 Å². The SMILES string of the molecule is COc1ccccc1NC1(c2nnnn2-c2cccc(C)c2C)CCC(C)CC1. The van der Waals surface area contributed by atoms with Crippen LogP contribution in [0.4, 0.5) is 5.69 Å². The Morgan fingerprint density at radius 2 is 1.83 bits per heavy atom. The quantitative estimate of drug-likeness (QED) is 0.676. The number of para-hydroxylation sites is 2. The fourth-order valence-electron chi connectivity index (χ4n) is 4.28. The molecule has 152 valence electrons. The van der Waals surface area contributed by atoms with Crippen molar-refractivity contribution in [3.8, 4) is 11.4 Å². The molecule has 1 N–H and O–H groups in total. The van der Waals surface area contributed by atoms with Crippen molar-refractivity contribution in [1.82, 2.24) is 20.2 Å². The van der Waals surface area contributed by atoms with Crippen LogP contribution in [0.5, 0.6) is 5.75 Å². The van der Waals surface area contributed by atoms with Crippen LogP contribution < -0.4 is 10.1 Å². The third-order valence-corrected chi connectivity index (χ3v) is 6.31. The molecule has 1 heterocycles. The second kappa shape index (κ2) is 7.85. The predicted molar refractivity (Wildman–Crippen MR) is 115 cm³/mol. The van der Waals surface area contributed by atoms with Crippen molar-refractivity contribution in [2.45, 2.75) is 52.0 Å². The van der Waals surface area contributed by atoms with Gasteiger partial charge in [-0.3, -0.25) is 0 Å². The molecule has 3 aromatic rings. The maximum absolute atomic E-state index is 5.60. The van der Waals surface area contributed by atoms with Gasteiger partial charge in [0.05, 0.1) is 24.0 Å². The first-order valence-corrected chi connectivity index (χ1v) is 10.3. The maximum atomic E-state index is 5.60. The lowest BCUT2D eigenvalue weighted by atomic mass is 9.76. The van der Waals surface area contributed by atoms with Crippen LogP contribution in [-0.4, -0.2) is 27.3 Å². The highest BCUT2D eigenvalue weighted by atomic mass is 16.5. The van der Waals surface area contributed by atoms with E-state index >= 15 is 0 Å². The molecule has 1 fully saturated rings. The van der Waals surface area contributed by atoms with Gasteiger partial charge in [0.2, 0.25) is 0 Å². The lowest BCUT2D eigenvalue weighted by Crippen LogP contribution is -2.41. The van der Waals surface area contributed by atoms with Gasteiger partial charge in [0.1, 0.15) is 5.75 Å². The van der Waals surface area contributed by atoms with Crippen LogP contribution in [0.2, 0.25) is 0 Å². The monoisotopic (exact) mass is 391 g/mol. The van der Waals surface area contributed by atoms with Crippen molar-refractivity contribution < 1.29 is 4.74 Å². The van der Waals surface area contributed by atoms with Crippen LogP contribution in [0, 0.1) is 19.8 Å². The number of benzene rings is 2. The number of tetrazole rings is 1. The van der Waals surface area contributed by atoms with E-state index in [-0.39, 0.29) is 5.54 Å². The van der Waals surface area contributed by atoms with Gasteiger partial charge in [0.25, 0.3) is 0 Å². The summed E-state index contributed by atoms with van der Waals surface area (Å²) in [6.45, 7) is 6.56. The van der Waals surface area contributed by atoms with Crippen LogP contribution >= 0.6 is 0 Å². The van der Waals surface area contributed by atoms with Crippen molar-refractivity contribution in [3.63, 3.8) is 0 Å². The van der Waals surface area contributed by atoms with E-state index in [4.69, 9.17) is 4.74 Å². The highest BCUT2D eigenvalue weighted by Crippen LogP contribution is 2.43. The second-order valence-electron chi connectivity index (χ2n) is 8.22. The highest BCUT2D eigenvalue weighted by molar-refractivity contribution is 5.58. The average Bonchev–Trinajstić information content (AvgIpc) is 3.23. The van der Waals surface area contributed by atoms with Crippen molar-refractivity contribution in [2.75, 3.05) is 12.4 Å². The van der Waals surface area contributed by atoms with Gasteiger partial charge in [-0.2, -0.15) is 4.68 Å². The number of nitrogens with zero attached hydrogens (tertiary/aromatic N) is 4. The zero-order chi connectivity index (χ0) is 20.4. The number of aromatic nitrogens is 4. The first-order chi connectivity index (χ1) is 14.0. The van der Waals surface area contributed by atoms with E-state index in [1.165, 1.54) is 11.1 Å². The molecular weight excluding hydrogens is 362 g/mol. The normalized spacial score (nSPS) is 21.7. The number of rotatable bonds is 5. The third-order valence-electron chi connectivity index (χ3n) is 6.31. The number of anilines is 1. The topological polar surface area (TPSA) is 64.9 Å². The number of nitrogens with one attached hydrogen (secondary N) is 1. The minimum atomic E-state index is -0.346. The Bertz CT molecular complexity index is 988. The Morgan fingerprint density at radius 3 is 2.59 bits per heavy atom. The zero-order valence-corrected chi connectivity index (χ0v) is 17.6. The first kappa shape index (κ1) is 19.4. The fraction of sp³-hybridized carbons (Fsp3) is 0.435. The Hall–Kier alpha value is -2.89. The summed E-state index contributed by atoms with van der Waals surface area (Å²) < 4.78 is 7.52. The van der Waals surface area contributed by atoms with E-state index in [1.54, 1.807) is 7.11 Å². The van der Waals surface area contributed by atoms with Gasteiger partial charge in [0.15, 0.2) is 5.82 Å². The third kappa shape index (κ3) is 3.59. The summed E-state index contributed by atoms with van der Waals surface area (Å²) in [6, 6.07) is 14.3. The van der Waals surface area contributed by atoms with Crippen molar-refractivity contribution >= 4 is 5.69 Å². The molecule has 0 spiro atoms. The van der Waals surface area contributed by atoms with E-state index in [9.17, 15) is 0 Å². The predicted octanol–water partition coefficient (Wildman–Crippen LogP) is 4.81. The van der Waals surface area contributed by atoms with Crippen LogP contribution in [0.15, 0.2) is 42.5 Å². The molecule has 0 bridgehead atoms. The van der Waals surface area contributed by atoms with Crippen LogP contribution in [-0.2, 0) is 5.54 Å². The lowest BCUT2D eigenvalue weighted by molar-refractivity contribution is 0.254. The van der Waals surface area contributed by atoms with Crippen LogP contribution in [0.1, 0.15) is 49.6 Å². The second-order valence-corrected chi connectivity index (χ2v) is 8.22. The zero-order valence-electron chi connectivity index (χ0n) is 17.6. The summed E-state index contributed by atoms with van der Waals surface area (Å²) in [5.74, 6) is 2.40. The van der Waals surface area contributed by atoms with E-state index in [0.717, 1.165) is 48.6 Å². The number of methoxy groups -OCH3 is 1. The lowest BCUT2D eigenvalue weighted by Gasteiger charge is -2.40. The molecule has 0 amide bonds. The molecule has 29 heavy (non-hydrogen) atoms. The highest BCUT2D eigenvalue weighted by Gasteiger charge is 2.41. The largest absolute Gasteiger partial charge is 0.495 e. The molecule has 2 aromatic carbocycles. The van der Waals surface area contributed by atoms with Gasteiger partial charge < -0.3 is 10.1 Å². The van der Waals surface area contributed by atoms with Gasteiger partial charge in [-0.15, -0.1) is 5.10 Å². The van der Waals surface area contributed by atoms with E-state index in [0.29, 0.717) is 5.92 Å². The molecule has 0 radical (unpaired) electrons. The standard InChI is InChI=1S/C23H29N5O/c1-16-12-14-23(15-13-16,24-19-9-5-6-11-21(19)29-4)22-25-26-27-28(22)20-10-7-8-17(2)18(20)3/h5-11,16,24H,12-15H2,1-4H3. The summed E-state index contributed by atoms with van der Waals surface area (Å²) in [5.41, 5.74) is 4.08. The Morgan fingerprint density at radius 1 is 1.07 bits per heavy atom. The Kier molecular flexibility index (Phi) is 5.26. The minimum Gasteiger partial charge on any atom is -0.495 e. The maximum Gasteiger partial charge on any atom is 0.181 e. The molecule has 0 atom stereocenters. The van der Waals surface area contributed by atoms with Crippen molar-refractivity contribution in [1.29, 1.82) is 0 Å². The average molecular weight is 392 g/mol. The first-order valence-electron chi connectivity index (χ1n) is 10.3. The summed E-state index contributed by atoms with van der Waals surface area (Å²) in [7, 11) is 1.70. The summed E-state index contributed by atoms with van der Waals surface area (Å²) in [6.07, 6.45) is 4.19. The molecule has 0 saturated heterocycles. The number of hydrogen-bond acceptors (Lipinski definition) is 5. The molecule has 1 saturated carbocycles. The molecule has 0 aliphatic heterocycles. The molecule has 6 heteroatoms. The smallest absolute Gasteiger partial charge is 0.181 e. The summed E-state index contributed by atoms with van der Waals surface area (Å²) in [4.78, 5) is 0. The van der Waals surface area contributed by atoms with E-state index in [2.05, 4.69) is 65.9 Å². The van der Waals surface area contributed by atoms with Crippen molar-refractivity contribution in [2.24, 2.45) is 5.92 Å². The number of hydrogen-bond donors (Lipinski definition) is 1.